The predicted molar refractivity (Wildman–Crippen MR) is 149 cm³/mol. The topological polar surface area (TPSA) is 69.9 Å². The van der Waals surface area contributed by atoms with Gasteiger partial charge in [-0.1, -0.05) is 52.7 Å². The number of aromatic nitrogens is 1. The van der Waals surface area contributed by atoms with E-state index in [1.54, 1.807) is 18.6 Å². The van der Waals surface area contributed by atoms with E-state index in [4.69, 9.17) is 14.5 Å². The fourth-order valence-electron chi connectivity index (χ4n) is 4.08. The van der Waals surface area contributed by atoms with Gasteiger partial charge in [-0.3, -0.25) is 9.36 Å². The summed E-state index contributed by atoms with van der Waals surface area (Å²) < 4.78 is 15.1. The van der Waals surface area contributed by atoms with Crippen LogP contribution in [0.15, 0.2) is 68.0 Å². The minimum Gasteiger partial charge on any atom is -0.496 e. The number of carbonyl (C=O) groups is 1. The van der Waals surface area contributed by atoms with Gasteiger partial charge in [-0.2, -0.15) is 0 Å². The van der Waals surface area contributed by atoms with Gasteiger partial charge in [-0.05, 0) is 77.9 Å². The highest BCUT2D eigenvalue weighted by Crippen LogP contribution is 2.38. The average molecular weight is 667 g/mol. The number of carbonyl (C=O) groups excluding carboxylic acids is 1. The second-order valence-electron chi connectivity index (χ2n) is 7.85. The highest BCUT2D eigenvalue weighted by atomic mass is 127. The van der Waals surface area contributed by atoms with Crippen LogP contribution in [-0.2, 0) is 9.53 Å². The number of rotatable bonds is 7. The Morgan fingerprint density at radius 1 is 1.26 bits per heavy atom. The molecule has 9 heteroatoms. The van der Waals surface area contributed by atoms with Crippen LogP contribution in [0.25, 0.3) is 6.08 Å². The molecule has 1 aliphatic rings. The van der Waals surface area contributed by atoms with Crippen molar-refractivity contribution in [3.63, 3.8) is 0 Å². The maximum Gasteiger partial charge on any atom is 0.338 e. The number of thiazole rings is 1. The molecule has 0 fully saturated rings. The van der Waals surface area contributed by atoms with Gasteiger partial charge >= 0.3 is 5.97 Å². The Balaban J connectivity index is 2.06. The van der Waals surface area contributed by atoms with Gasteiger partial charge in [-0.25, -0.2) is 9.79 Å². The number of hydrogen-bond donors (Lipinski definition) is 0. The number of hydrogen-bond acceptors (Lipinski definition) is 6. The van der Waals surface area contributed by atoms with Crippen molar-refractivity contribution in [2.75, 3.05) is 13.7 Å². The van der Waals surface area contributed by atoms with Crippen molar-refractivity contribution in [3.8, 4) is 5.75 Å². The molecule has 6 nitrogen and oxygen atoms in total. The lowest BCUT2D eigenvalue weighted by Crippen LogP contribution is -2.40. The van der Waals surface area contributed by atoms with Crippen LogP contribution in [-0.4, -0.2) is 24.3 Å². The average Bonchev–Trinajstić information content (AvgIpc) is 3.13. The molecule has 2 aromatic carbocycles. The maximum atomic E-state index is 13.8. The molecule has 0 saturated carbocycles. The van der Waals surface area contributed by atoms with Crippen LogP contribution >= 0.6 is 49.9 Å². The van der Waals surface area contributed by atoms with Crippen molar-refractivity contribution in [2.45, 2.75) is 32.7 Å². The highest BCUT2D eigenvalue weighted by molar-refractivity contribution is 14.1. The Labute approximate surface area is 229 Å². The summed E-state index contributed by atoms with van der Waals surface area (Å²) in [6.45, 7) is 4.02. The molecule has 0 spiro atoms. The molecule has 0 saturated heterocycles. The molecule has 0 amide bonds. The molecule has 35 heavy (non-hydrogen) atoms. The van der Waals surface area contributed by atoms with E-state index in [9.17, 15) is 9.59 Å². The summed E-state index contributed by atoms with van der Waals surface area (Å²) in [5, 5.41) is 0. The highest BCUT2D eigenvalue weighted by Gasteiger charge is 2.36. The Morgan fingerprint density at radius 2 is 2.06 bits per heavy atom. The van der Waals surface area contributed by atoms with E-state index in [1.165, 1.54) is 11.3 Å². The molecular weight excluding hydrogens is 643 g/mol. The number of esters is 1. The first-order valence-corrected chi connectivity index (χ1v) is 13.9. The van der Waals surface area contributed by atoms with E-state index < -0.39 is 12.0 Å². The standard InChI is InChI=1S/C26H24BrIN2O4S/c1-4-7-19-22(25(32)34-5-2)23(18-14-16(27)10-11-20(18)33-3)30-24(31)21(35-26(30)29-19)13-15-8-6-9-17(28)12-15/h6,8-14,23H,4-5,7H2,1-3H3/b21-13+/t23-/m0/s1. The molecule has 1 aliphatic heterocycles. The number of halogens is 2. The summed E-state index contributed by atoms with van der Waals surface area (Å²) in [6.07, 6.45) is 3.25. The van der Waals surface area contributed by atoms with E-state index in [0.29, 0.717) is 38.3 Å². The monoisotopic (exact) mass is 666 g/mol. The molecule has 0 aliphatic carbocycles. The third kappa shape index (κ3) is 5.31. The zero-order valence-electron chi connectivity index (χ0n) is 19.5. The second kappa shape index (κ2) is 11.2. The number of benzene rings is 2. The molecule has 4 rings (SSSR count). The van der Waals surface area contributed by atoms with E-state index >= 15 is 0 Å². The summed E-state index contributed by atoms with van der Waals surface area (Å²) in [5.41, 5.74) is 2.42. The van der Waals surface area contributed by atoms with Crippen molar-refractivity contribution < 1.29 is 14.3 Å². The molecule has 0 unspecified atom stereocenters. The summed E-state index contributed by atoms with van der Waals surface area (Å²) in [6, 6.07) is 12.8. The van der Waals surface area contributed by atoms with Gasteiger partial charge in [0.25, 0.3) is 5.56 Å². The van der Waals surface area contributed by atoms with Gasteiger partial charge in [0.1, 0.15) is 11.8 Å². The van der Waals surface area contributed by atoms with Crippen LogP contribution in [0.4, 0.5) is 0 Å². The molecule has 1 aromatic heterocycles. The number of methoxy groups -OCH3 is 1. The van der Waals surface area contributed by atoms with Gasteiger partial charge in [0.05, 0.1) is 29.5 Å². The lowest BCUT2D eigenvalue weighted by atomic mass is 9.93. The van der Waals surface area contributed by atoms with Crippen LogP contribution in [0, 0.1) is 3.57 Å². The molecule has 0 radical (unpaired) electrons. The molecule has 2 heterocycles. The summed E-state index contributed by atoms with van der Waals surface area (Å²) in [5.74, 6) is 0.101. The first-order chi connectivity index (χ1) is 16.9. The fourth-order valence-corrected chi connectivity index (χ4v) is 6.05. The molecule has 1 atom stereocenters. The van der Waals surface area contributed by atoms with Crippen molar-refractivity contribution in [1.29, 1.82) is 0 Å². The summed E-state index contributed by atoms with van der Waals surface area (Å²) >= 11 is 7.11. The van der Waals surface area contributed by atoms with Crippen molar-refractivity contribution in [2.24, 2.45) is 4.99 Å². The van der Waals surface area contributed by atoms with Gasteiger partial charge in [0.2, 0.25) is 0 Å². The van der Waals surface area contributed by atoms with E-state index in [0.717, 1.165) is 20.0 Å². The van der Waals surface area contributed by atoms with Crippen LogP contribution in [0.1, 0.15) is 43.9 Å². The maximum absolute atomic E-state index is 13.8. The third-order valence-corrected chi connectivity index (χ3v) is 7.67. The van der Waals surface area contributed by atoms with Crippen molar-refractivity contribution in [3.05, 3.63) is 92.6 Å². The Kier molecular flexibility index (Phi) is 8.28. The zero-order valence-corrected chi connectivity index (χ0v) is 24.1. The molecule has 3 aromatic rings. The fraction of sp³-hybridized carbons (Fsp3) is 0.269. The van der Waals surface area contributed by atoms with Crippen LogP contribution in [0.5, 0.6) is 5.75 Å². The lowest BCUT2D eigenvalue weighted by Gasteiger charge is -2.27. The number of allylic oxidation sites excluding steroid dienone is 1. The molecule has 0 bridgehead atoms. The third-order valence-electron chi connectivity index (χ3n) is 5.52. The Morgan fingerprint density at radius 3 is 2.74 bits per heavy atom. The van der Waals surface area contributed by atoms with Gasteiger partial charge in [-0.15, -0.1) is 0 Å². The molecule has 182 valence electrons. The van der Waals surface area contributed by atoms with E-state index in [2.05, 4.69) is 38.5 Å². The number of fused-ring (bicyclic) bond motifs is 1. The SMILES string of the molecule is CCCC1=C(C(=O)OCC)[C@H](c2cc(Br)ccc2OC)n2c(s/c(=C/c3cccc(I)c3)c2=O)=N1. The normalized spacial score (nSPS) is 15.6. The lowest BCUT2D eigenvalue weighted by molar-refractivity contribution is -0.139. The van der Waals surface area contributed by atoms with Gasteiger partial charge < -0.3 is 9.47 Å². The minimum atomic E-state index is -0.725. The largest absolute Gasteiger partial charge is 0.496 e. The Hall–Kier alpha value is -2.24. The number of nitrogens with zero attached hydrogens (tertiary/aromatic N) is 2. The summed E-state index contributed by atoms with van der Waals surface area (Å²) in [4.78, 5) is 32.5. The minimum absolute atomic E-state index is 0.211. The van der Waals surface area contributed by atoms with Crippen LogP contribution in [0.3, 0.4) is 0 Å². The van der Waals surface area contributed by atoms with E-state index in [1.807, 2.05) is 55.5 Å². The van der Waals surface area contributed by atoms with Gasteiger partial charge in [0, 0.05) is 13.6 Å². The summed E-state index contributed by atoms with van der Waals surface area (Å²) in [7, 11) is 1.58. The van der Waals surface area contributed by atoms with Crippen molar-refractivity contribution in [1.82, 2.24) is 4.57 Å². The molecule has 0 N–H and O–H groups in total. The second-order valence-corrected chi connectivity index (χ2v) is 11.0. The number of ether oxygens (including phenoxy) is 2. The quantitative estimate of drug-likeness (QED) is 0.264. The van der Waals surface area contributed by atoms with Crippen LogP contribution in [0.2, 0.25) is 0 Å². The predicted octanol–water partition coefficient (Wildman–Crippen LogP) is 4.95. The van der Waals surface area contributed by atoms with E-state index in [-0.39, 0.29) is 12.2 Å². The van der Waals surface area contributed by atoms with Crippen LogP contribution < -0.4 is 19.6 Å². The van der Waals surface area contributed by atoms with Gasteiger partial charge in [0.15, 0.2) is 4.80 Å². The zero-order chi connectivity index (χ0) is 25.1. The van der Waals surface area contributed by atoms with Crippen molar-refractivity contribution >= 4 is 61.9 Å². The smallest absolute Gasteiger partial charge is 0.338 e. The molecular formula is C26H24BrIN2O4S. The Bertz CT molecular complexity index is 1490. The first kappa shape index (κ1) is 25.8. The first-order valence-electron chi connectivity index (χ1n) is 11.2.